The maximum Gasteiger partial charge on any atom is 0.269 e. The van der Waals surface area contributed by atoms with E-state index in [9.17, 15) is 22.8 Å². The highest BCUT2D eigenvalue weighted by Crippen LogP contribution is 2.30. The highest BCUT2D eigenvalue weighted by atomic mass is 32.2. The van der Waals surface area contributed by atoms with Gasteiger partial charge in [0, 0.05) is 26.1 Å². The van der Waals surface area contributed by atoms with E-state index in [0.717, 1.165) is 17.1 Å². The van der Waals surface area contributed by atoms with Crippen LogP contribution in [0.2, 0.25) is 0 Å². The molecule has 3 amide bonds. The zero-order chi connectivity index (χ0) is 21.3. The number of para-hydroxylation sites is 1. The lowest BCUT2D eigenvalue weighted by Gasteiger charge is -2.18. The van der Waals surface area contributed by atoms with E-state index in [0.29, 0.717) is 24.3 Å². The minimum Gasteiger partial charge on any atom is -0.339 e. The van der Waals surface area contributed by atoms with Crippen LogP contribution in [0.3, 0.4) is 0 Å². The normalized spacial score (nSPS) is 17.1. The van der Waals surface area contributed by atoms with Crippen LogP contribution in [0.4, 0.5) is 5.69 Å². The number of amides is 3. The van der Waals surface area contributed by atoms with Crippen molar-refractivity contribution in [1.82, 2.24) is 9.21 Å². The molecule has 2 aromatic carbocycles. The third-order valence-corrected chi connectivity index (χ3v) is 7.12. The van der Waals surface area contributed by atoms with Crippen molar-refractivity contribution in [2.24, 2.45) is 0 Å². The number of fused-ring (bicyclic) bond motifs is 1. The SMILES string of the molecule is O=C(CCN1C(=O)c2ccccc2S1(=O)=O)Nc1ccccc1C(=O)N1CCCC1. The molecule has 0 bridgehead atoms. The molecular formula is C21H21N3O5S. The van der Waals surface area contributed by atoms with Crippen LogP contribution in [0, 0.1) is 0 Å². The first-order chi connectivity index (χ1) is 14.4. The average molecular weight is 427 g/mol. The fraction of sp³-hybridized carbons (Fsp3) is 0.286. The number of anilines is 1. The molecule has 0 atom stereocenters. The molecular weight excluding hydrogens is 406 g/mol. The maximum absolute atomic E-state index is 12.7. The van der Waals surface area contributed by atoms with E-state index >= 15 is 0 Å². The first kappa shape index (κ1) is 20.1. The van der Waals surface area contributed by atoms with Gasteiger partial charge in [0.15, 0.2) is 0 Å². The molecule has 0 radical (unpaired) electrons. The first-order valence-electron chi connectivity index (χ1n) is 9.74. The summed E-state index contributed by atoms with van der Waals surface area (Å²) < 4.78 is 25.9. The Balaban J connectivity index is 1.44. The van der Waals surface area contributed by atoms with Crippen molar-refractivity contribution in [3.05, 3.63) is 59.7 Å². The van der Waals surface area contributed by atoms with Crippen LogP contribution in [0.5, 0.6) is 0 Å². The Hall–Kier alpha value is -3.20. The molecule has 0 aromatic heterocycles. The molecule has 1 N–H and O–H groups in total. The summed E-state index contributed by atoms with van der Waals surface area (Å²) in [6, 6.07) is 12.7. The predicted octanol–water partition coefficient (Wildman–Crippen LogP) is 2.10. The Morgan fingerprint density at radius 2 is 1.63 bits per heavy atom. The summed E-state index contributed by atoms with van der Waals surface area (Å²) in [5.74, 6) is -1.25. The van der Waals surface area contributed by atoms with Crippen LogP contribution in [0.15, 0.2) is 53.4 Å². The number of carbonyl (C=O) groups excluding carboxylic acids is 3. The lowest BCUT2D eigenvalue weighted by molar-refractivity contribution is -0.116. The number of nitrogens with zero attached hydrogens (tertiary/aromatic N) is 2. The van der Waals surface area contributed by atoms with Crippen LogP contribution in [0.25, 0.3) is 0 Å². The quantitative estimate of drug-likeness (QED) is 0.787. The monoisotopic (exact) mass is 427 g/mol. The van der Waals surface area contributed by atoms with Gasteiger partial charge in [0.25, 0.3) is 21.8 Å². The van der Waals surface area contributed by atoms with Gasteiger partial charge >= 0.3 is 0 Å². The minimum atomic E-state index is -3.95. The van der Waals surface area contributed by atoms with Crippen molar-refractivity contribution in [2.45, 2.75) is 24.2 Å². The van der Waals surface area contributed by atoms with Crippen LogP contribution >= 0.6 is 0 Å². The van der Waals surface area contributed by atoms with E-state index in [1.165, 1.54) is 12.1 Å². The summed E-state index contributed by atoms with van der Waals surface area (Å²) in [4.78, 5) is 39.3. The van der Waals surface area contributed by atoms with Crippen molar-refractivity contribution in [2.75, 3.05) is 25.0 Å². The van der Waals surface area contributed by atoms with Crippen LogP contribution in [-0.2, 0) is 14.8 Å². The number of nitrogens with one attached hydrogen (secondary N) is 1. The number of rotatable bonds is 5. The van der Waals surface area contributed by atoms with Gasteiger partial charge in [-0.25, -0.2) is 12.7 Å². The molecule has 0 unspecified atom stereocenters. The zero-order valence-corrected chi connectivity index (χ0v) is 17.0. The standard InChI is InChI=1S/C21H21N3O5S/c25-19(11-14-24-21(27)16-8-2-4-10-18(16)30(24,28)29)22-17-9-3-1-7-15(17)20(26)23-12-5-6-13-23/h1-4,7-10H,5-6,11-14H2,(H,22,25). The third kappa shape index (κ3) is 3.56. The molecule has 2 heterocycles. The fourth-order valence-electron chi connectivity index (χ4n) is 3.74. The lowest BCUT2D eigenvalue weighted by atomic mass is 10.1. The Morgan fingerprint density at radius 1 is 0.967 bits per heavy atom. The molecule has 8 nitrogen and oxygen atoms in total. The molecule has 0 aliphatic carbocycles. The number of likely N-dealkylation sites (tertiary alicyclic amines) is 1. The van der Waals surface area contributed by atoms with Crippen LogP contribution in [0.1, 0.15) is 40.0 Å². The van der Waals surface area contributed by atoms with Gasteiger partial charge in [-0.3, -0.25) is 14.4 Å². The van der Waals surface area contributed by atoms with Crippen molar-refractivity contribution >= 4 is 33.4 Å². The minimum absolute atomic E-state index is 0.0445. The molecule has 4 rings (SSSR count). The predicted molar refractivity (Wildman–Crippen MR) is 109 cm³/mol. The molecule has 1 fully saturated rings. The molecule has 2 aromatic rings. The van der Waals surface area contributed by atoms with Gasteiger partial charge in [-0.05, 0) is 37.1 Å². The van der Waals surface area contributed by atoms with Gasteiger partial charge in [-0.2, -0.15) is 0 Å². The summed E-state index contributed by atoms with van der Waals surface area (Å²) in [6.07, 6.45) is 1.70. The Kier molecular flexibility index (Phi) is 5.29. The van der Waals surface area contributed by atoms with Crippen molar-refractivity contribution in [3.63, 3.8) is 0 Å². The van der Waals surface area contributed by atoms with Gasteiger partial charge in [0.05, 0.1) is 16.8 Å². The lowest BCUT2D eigenvalue weighted by Crippen LogP contribution is -2.33. The van der Waals surface area contributed by atoms with Gasteiger partial charge in [0.1, 0.15) is 4.90 Å². The third-order valence-electron chi connectivity index (χ3n) is 5.28. The Bertz CT molecular complexity index is 1120. The average Bonchev–Trinajstić information content (AvgIpc) is 3.34. The smallest absolute Gasteiger partial charge is 0.269 e. The summed E-state index contributed by atoms with van der Waals surface area (Å²) >= 11 is 0. The fourth-order valence-corrected chi connectivity index (χ4v) is 5.31. The summed E-state index contributed by atoms with van der Waals surface area (Å²) in [5, 5.41) is 2.68. The number of sulfonamides is 1. The van der Waals surface area contributed by atoms with Gasteiger partial charge in [-0.1, -0.05) is 24.3 Å². The summed E-state index contributed by atoms with van der Waals surface area (Å²) in [6.45, 7) is 1.11. The zero-order valence-electron chi connectivity index (χ0n) is 16.2. The second-order valence-electron chi connectivity index (χ2n) is 7.22. The molecule has 9 heteroatoms. The second-order valence-corrected chi connectivity index (χ2v) is 9.05. The largest absolute Gasteiger partial charge is 0.339 e. The highest BCUT2D eigenvalue weighted by molar-refractivity contribution is 7.90. The van der Waals surface area contributed by atoms with Gasteiger partial charge in [-0.15, -0.1) is 0 Å². The van der Waals surface area contributed by atoms with Crippen molar-refractivity contribution in [3.8, 4) is 0 Å². The number of hydrogen-bond donors (Lipinski definition) is 1. The van der Waals surface area contributed by atoms with E-state index in [1.54, 1.807) is 41.3 Å². The van der Waals surface area contributed by atoms with Crippen LogP contribution < -0.4 is 5.32 Å². The molecule has 1 saturated heterocycles. The number of carbonyl (C=O) groups is 3. The second kappa shape index (κ2) is 7.91. The molecule has 2 aliphatic heterocycles. The molecule has 2 aliphatic rings. The Labute approximate surface area is 174 Å². The van der Waals surface area contributed by atoms with Crippen molar-refractivity contribution < 1.29 is 22.8 Å². The first-order valence-corrected chi connectivity index (χ1v) is 11.2. The van der Waals surface area contributed by atoms with E-state index in [2.05, 4.69) is 5.32 Å². The van der Waals surface area contributed by atoms with E-state index in [-0.39, 0.29) is 29.3 Å². The van der Waals surface area contributed by atoms with Crippen molar-refractivity contribution in [1.29, 1.82) is 0 Å². The molecule has 0 saturated carbocycles. The van der Waals surface area contributed by atoms with E-state index in [4.69, 9.17) is 0 Å². The molecule has 156 valence electrons. The Morgan fingerprint density at radius 3 is 2.37 bits per heavy atom. The van der Waals surface area contributed by atoms with Crippen LogP contribution in [-0.4, -0.2) is 55.0 Å². The van der Waals surface area contributed by atoms with E-state index in [1.807, 2.05) is 0 Å². The topological polar surface area (TPSA) is 104 Å². The summed E-state index contributed by atoms with van der Waals surface area (Å²) in [7, 11) is -3.95. The summed E-state index contributed by atoms with van der Waals surface area (Å²) in [5.41, 5.74) is 0.878. The van der Waals surface area contributed by atoms with Gasteiger partial charge < -0.3 is 10.2 Å². The van der Waals surface area contributed by atoms with Gasteiger partial charge in [0.2, 0.25) is 5.91 Å². The molecule has 0 spiro atoms. The molecule has 30 heavy (non-hydrogen) atoms. The van der Waals surface area contributed by atoms with E-state index < -0.39 is 21.8 Å². The highest BCUT2D eigenvalue weighted by Gasteiger charge is 2.40. The number of hydrogen-bond acceptors (Lipinski definition) is 5. The maximum atomic E-state index is 12.7. The number of benzene rings is 2.